The minimum atomic E-state index is -1.42. The predicted octanol–water partition coefficient (Wildman–Crippen LogP) is 2.22. The summed E-state index contributed by atoms with van der Waals surface area (Å²) in [5.41, 5.74) is 3.64. The Morgan fingerprint density at radius 3 is 2.52 bits per heavy atom. The maximum Gasteiger partial charge on any atom is 0.355 e. The number of aliphatic imine (C=N–C) groups is 1. The second kappa shape index (κ2) is 8.33. The number of halogens is 4. The minimum absolute atomic E-state index is 0.0140. The van der Waals surface area contributed by atoms with E-state index in [1.807, 2.05) is 0 Å². The number of hydrogen-bond acceptors (Lipinski definition) is 5. The van der Waals surface area contributed by atoms with Crippen LogP contribution < -0.4 is 5.73 Å². The van der Waals surface area contributed by atoms with E-state index in [0.717, 1.165) is 6.07 Å². The first-order valence-electron chi connectivity index (χ1n) is 6.28. The van der Waals surface area contributed by atoms with E-state index in [0.29, 0.717) is 6.07 Å². The molecule has 124 valence electrons. The lowest BCUT2D eigenvalue weighted by molar-refractivity contribution is -0.138. The first-order chi connectivity index (χ1) is 10.8. The quantitative estimate of drug-likeness (QED) is 0.281. The third kappa shape index (κ3) is 4.56. The predicted molar refractivity (Wildman–Crippen MR) is 77.2 cm³/mol. The fourth-order valence-corrected chi connectivity index (χ4v) is 1.70. The largest absolute Gasteiger partial charge is 0.461 e. The molecule has 0 unspecified atom stereocenters. The molecule has 0 fully saturated rings. The number of esters is 1. The zero-order chi connectivity index (χ0) is 17.6. The molecule has 0 aliphatic rings. The normalized spacial score (nSPS) is 12.7. The number of aldehydes is 1. The highest BCUT2D eigenvalue weighted by Gasteiger charge is 2.18. The van der Waals surface area contributed by atoms with Gasteiger partial charge in [0.1, 0.15) is 16.7 Å². The van der Waals surface area contributed by atoms with Crippen molar-refractivity contribution in [3.8, 4) is 0 Å². The summed E-state index contributed by atoms with van der Waals surface area (Å²) in [5.74, 6) is -4.71. The van der Waals surface area contributed by atoms with Crippen LogP contribution in [0.1, 0.15) is 12.5 Å². The van der Waals surface area contributed by atoms with Crippen molar-refractivity contribution in [2.45, 2.75) is 13.5 Å². The molecule has 1 aromatic carbocycles. The van der Waals surface area contributed by atoms with E-state index in [-0.39, 0.29) is 12.9 Å². The Balaban J connectivity index is 3.13. The van der Waals surface area contributed by atoms with Gasteiger partial charge in [-0.1, -0.05) is 11.6 Å². The Morgan fingerprint density at radius 2 is 1.96 bits per heavy atom. The number of carbonyl (C=O) groups excluding carboxylic acids is 2. The second-order valence-electron chi connectivity index (χ2n) is 4.09. The molecular formula is C14H12ClF3N2O3. The molecule has 0 heterocycles. The molecule has 2 N–H and O–H groups in total. The summed E-state index contributed by atoms with van der Waals surface area (Å²) in [7, 11) is 0. The summed E-state index contributed by atoms with van der Waals surface area (Å²) in [6.45, 7) is 0.846. The summed E-state index contributed by atoms with van der Waals surface area (Å²) in [6.07, 6.45) is 0.149. The zero-order valence-electron chi connectivity index (χ0n) is 11.9. The topological polar surface area (TPSA) is 81.8 Å². The molecule has 0 atom stereocenters. The molecule has 0 aliphatic heterocycles. The van der Waals surface area contributed by atoms with Gasteiger partial charge in [-0.3, -0.25) is 9.79 Å². The van der Waals surface area contributed by atoms with Gasteiger partial charge in [-0.05, 0) is 19.1 Å². The highest BCUT2D eigenvalue weighted by Crippen LogP contribution is 2.17. The van der Waals surface area contributed by atoms with Crippen molar-refractivity contribution in [2.75, 3.05) is 6.61 Å². The van der Waals surface area contributed by atoms with Gasteiger partial charge in [-0.25, -0.2) is 18.0 Å². The molecule has 9 heteroatoms. The molecule has 0 radical (unpaired) electrons. The van der Waals surface area contributed by atoms with Gasteiger partial charge >= 0.3 is 5.97 Å². The van der Waals surface area contributed by atoms with E-state index in [9.17, 15) is 22.8 Å². The van der Waals surface area contributed by atoms with Crippen LogP contribution in [0.25, 0.3) is 0 Å². The summed E-state index contributed by atoms with van der Waals surface area (Å²) in [4.78, 5) is 26.0. The summed E-state index contributed by atoms with van der Waals surface area (Å²) in [6, 6.07) is 1.34. The average Bonchev–Trinajstić information content (AvgIpc) is 2.52. The molecule has 0 saturated heterocycles. The highest BCUT2D eigenvalue weighted by atomic mass is 35.5. The van der Waals surface area contributed by atoms with Gasteiger partial charge in [0.15, 0.2) is 17.9 Å². The maximum atomic E-state index is 13.5. The van der Waals surface area contributed by atoms with E-state index < -0.39 is 52.0 Å². The second-order valence-corrected chi connectivity index (χ2v) is 4.45. The van der Waals surface area contributed by atoms with Gasteiger partial charge in [0, 0.05) is 5.56 Å². The molecule has 23 heavy (non-hydrogen) atoms. The maximum absolute atomic E-state index is 13.5. The van der Waals surface area contributed by atoms with Crippen molar-refractivity contribution in [1.29, 1.82) is 0 Å². The van der Waals surface area contributed by atoms with Gasteiger partial charge in [0.05, 0.1) is 18.7 Å². The van der Waals surface area contributed by atoms with Crippen LogP contribution in [-0.4, -0.2) is 24.0 Å². The molecule has 1 aromatic rings. The monoisotopic (exact) mass is 348 g/mol. The number of rotatable bonds is 6. The number of nitrogens with zero attached hydrogens (tertiary/aromatic N) is 1. The van der Waals surface area contributed by atoms with Crippen molar-refractivity contribution >= 4 is 29.0 Å². The van der Waals surface area contributed by atoms with E-state index >= 15 is 0 Å². The Labute approximate surface area is 134 Å². The molecule has 0 bridgehead atoms. The van der Waals surface area contributed by atoms with Gasteiger partial charge < -0.3 is 10.5 Å². The number of allylic oxidation sites excluding steroid dienone is 1. The smallest absolute Gasteiger partial charge is 0.355 e. The Bertz CT molecular complexity index is 690. The van der Waals surface area contributed by atoms with Crippen LogP contribution in [0.2, 0.25) is 0 Å². The lowest BCUT2D eigenvalue weighted by Crippen LogP contribution is -2.20. The standard InChI is InChI=1S/C14H12ClF3N2O3/c1-2-23-14(22)12(19)8(6-21)13(15)20-5-7-9(16)3-4-10(17)11(7)18/h3-4,6H,2,5,19H2,1H3/b12-8-,20-13?. The fraction of sp³-hybridized carbons (Fsp3) is 0.214. The van der Waals surface area contributed by atoms with Crippen LogP contribution in [0.5, 0.6) is 0 Å². The van der Waals surface area contributed by atoms with Crippen molar-refractivity contribution < 1.29 is 27.5 Å². The summed E-state index contributed by atoms with van der Waals surface area (Å²) < 4.78 is 44.6. The number of benzene rings is 1. The Morgan fingerprint density at radius 1 is 1.35 bits per heavy atom. The Kier molecular flexibility index (Phi) is 6.77. The van der Waals surface area contributed by atoms with Gasteiger partial charge in [-0.2, -0.15) is 0 Å². The van der Waals surface area contributed by atoms with E-state index in [4.69, 9.17) is 17.3 Å². The van der Waals surface area contributed by atoms with Crippen LogP contribution in [0.4, 0.5) is 13.2 Å². The number of ether oxygens (including phenoxy) is 1. The number of hydrogen-bond donors (Lipinski definition) is 1. The molecule has 0 aliphatic carbocycles. The highest BCUT2D eigenvalue weighted by molar-refractivity contribution is 6.72. The van der Waals surface area contributed by atoms with Crippen molar-refractivity contribution in [3.05, 3.63) is 46.4 Å². The molecule has 0 saturated carbocycles. The van der Waals surface area contributed by atoms with Gasteiger partial charge in [-0.15, -0.1) is 0 Å². The van der Waals surface area contributed by atoms with E-state index in [1.54, 1.807) is 0 Å². The lowest BCUT2D eigenvalue weighted by Gasteiger charge is -2.06. The SMILES string of the molecule is CCOC(=O)/C(N)=C(\C=O)C(Cl)=NCc1c(F)ccc(F)c1F. The van der Waals surface area contributed by atoms with Gasteiger partial charge in [0.2, 0.25) is 0 Å². The van der Waals surface area contributed by atoms with Crippen LogP contribution in [-0.2, 0) is 20.9 Å². The summed E-state index contributed by atoms with van der Waals surface area (Å²) >= 11 is 5.71. The molecule has 0 spiro atoms. The lowest BCUT2D eigenvalue weighted by atomic mass is 10.2. The first-order valence-corrected chi connectivity index (χ1v) is 6.66. The zero-order valence-corrected chi connectivity index (χ0v) is 12.7. The third-order valence-electron chi connectivity index (χ3n) is 2.64. The third-order valence-corrected chi connectivity index (χ3v) is 2.96. The average molecular weight is 349 g/mol. The molecule has 0 amide bonds. The first kappa shape index (κ1) is 18.7. The molecular weight excluding hydrogens is 337 g/mol. The van der Waals surface area contributed by atoms with Crippen molar-refractivity contribution in [3.63, 3.8) is 0 Å². The van der Waals surface area contributed by atoms with Crippen molar-refractivity contribution in [1.82, 2.24) is 0 Å². The Hall–Kier alpha value is -2.35. The fourth-order valence-electron chi connectivity index (χ4n) is 1.49. The van der Waals surface area contributed by atoms with Gasteiger partial charge in [0.25, 0.3) is 0 Å². The van der Waals surface area contributed by atoms with Crippen LogP contribution in [0.3, 0.4) is 0 Å². The molecule has 0 aromatic heterocycles. The molecule has 5 nitrogen and oxygen atoms in total. The number of carbonyl (C=O) groups is 2. The van der Waals surface area contributed by atoms with E-state index in [1.165, 1.54) is 6.92 Å². The van der Waals surface area contributed by atoms with Crippen LogP contribution >= 0.6 is 11.6 Å². The number of nitrogens with two attached hydrogens (primary N) is 1. The molecule has 1 rings (SSSR count). The summed E-state index contributed by atoms with van der Waals surface area (Å²) in [5, 5.41) is -0.561. The minimum Gasteiger partial charge on any atom is -0.461 e. The van der Waals surface area contributed by atoms with Crippen molar-refractivity contribution in [2.24, 2.45) is 10.7 Å². The van der Waals surface area contributed by atoms with E-state index in [2.05, 4.69) is 9.73 Å². The van der Waals surface area contributed by atoms with Crippen LogP contribution in [0.15, 0.2) is 28.4 Å². The van der Waals surface area contributed by atoms with Crippen LogP contribution in [0, 0.1) is 17.5 Å².